The maximum Gasteiger partial charge on any atom is 0.244 e. The minimum atomic E-state index is -3.82. The molecule has 0 saturated heterocycles. The molecule has 0 unspecified atom stereocenters. The van der Waals surface area contributed by atoms with Crippen LogP contribution < -0.4 is 19.1 Å². The van der Waals surface area contributed by atoms with Gasteiger partial charge in [-0.15, -0.1) is 0 Å². The molecule has 3 rings (SSSR count). The molecule has 1 N–H and O–H groups in total. The van der Waals surface area contributed by atoms with Gasteiger partial charge >= 0.3 is 0 Å². The van der Waals surface area contributed by atoms with E-state index >= 15 is 0 Å². The molecule has 36 heavy (non-hydrogen) atoms. The number of benzene rings is 2. The third-order valence-corrected chi connectivity index (χ3v) is 7.50. The third-order valence-electron chi connectivity index (χ3n) is 5.76. The van der Waals surface area contributed by atoms with E-state index < -0.39 is 34.1 Å². The fourth-order valence-electron chi connectivity index (χ4n) is 3.71. The van der Waals surface area contributed by atoms with Crippen molar-refractivity contribution in [2.75, 3.05) is 23.4 Å². The summed E-state index contributed by atoms with van der Waals surface area (Å²) in [5, 5.41) is 2.91. The fraction of sp³-hybridized carbons (Fsp3) is 0.462. The van der Waals surface area contributed by atoms with E-state index in [1.807, 2.05) is 52.0 Å². The highest BCUT2D eigenvalue weighted by Gasteiger charge is 2.32. The summed E-state index contributed by atoms with van der Waals surface area (Å²) in [4.78, 5) is 28.1. The highest BCUT2D eigenvalue weighted by Crippen LogP contribution is 2.36. The van der Waals surface area contributed by atoms with Crippen molar-refractivity contribution in [2.24, 2.45) is 0 Å². The predicted octanol–water partition coefficient (Wildman–Crippen LogP) is 3.21. The van der Waals surface area contributed by atoms with Crippen LogP contribution in [0.2, 0.25) is 0 Å². The Morgan fingerprint density at radius 3 is 2.31 bits per heavy atom. The van der Waals surface area contributed by atoms with E-state index in [1.54, 1.807) is 25.1 Å². The zero-order valence-corrected chi connectivity index (χ0v) is 22.5. The van der Waals surface area contributed by atoms with Gasteiger partial charge in [-0.25, -0.2) is 8.42 Å². The van der Waals surface area contributed by atoms with E-state index in [0.717, 1.165) is 15.4 Å². The first-order chi connectivity index (χ1) is 16.8. The van der Waals surface area contributed by atoms with Gasteiger partial charge in [0.1, 0.15) is 12.6 Å². The summed E-state index contributed by atoms with van der Waals surface area (Å²) in [6, 6.07) is 11.5. The molecule has 2 aromatic carbocycles. The molecule has 0 saturated carbocycles. The van der Waals surface area contributed by atoms with E-state index in [9.17, 15) is 18.0 Å². The second-order valence-corrected chi connectivity index (χ2v) is 12.0. The highest BCUT2D eigenvalue weighted by molar-refractivity contribution is 7.92. The largest absolute Gasteiger partial charge is 0.454 e. The molecular weight excluding hydrogens is 482 g/mol. The third kappa shape index (κ3) is 6.69. The number of carbonyl (C=O) groups is 2. The zero-order chi connectivity index (χ0) is 26.7. The number of sulfonamides is 1. The van der Waals surface area contributed by atoms with Crippen LogP contribution in [0.4, 0.5) is 5.69 Å². The Balaban J connectivity index is 1.94. The van der Waals surface area contributed by atoms with Crippen LogP contribution in [-0.4, -0.2) is 55.8 Å². The summed E-state index contributed by atoms with van der Waals surface area (Å²) >= 11 is 0. The minimum Gasteiger partial charge on any atom is -0.454 e. The van der Waals surface area contributed by atoms with Crippen molar-refractivity contribution in [1.29, 1.82) is 0 Å². The number of anilines is 1. The number of nitrogens with zero attached hydrogens (tertiary/aromatic N) is 2. The van der Waals surface area contributed by atoms with E-state index in [4.69, 9.17) is 9.47 Å². The number of aryl methyl sites for hydroxylation is 1. The molecule has 9 nitrogen and oxygen atoms in total. The van der Waals surface area contributed by atoms with Crippen molar-refractivity contribution in [1.82, 2.24) is 10.2 Å². The first-order valence-corrected chi connectivity index (χ1v) is 13.5. The van der Waals surface area contributed by atoms with E-state index in [0.29, 0.717) is 11.5 Å². The fourth-order valence-corrected chi connectivity index (χ4v) is 4.76. The molecule has 196 valence electrons. The van der Waals surface area contributed by atoms with Crippen LogP contribution in [0.15, 0.2) is 42.5 Å². The minimum absolute atomic E-state index is 0.0446. The van der Waals surface area contributed by atoms with Crippen LogP contribution in [0.1, 0.15) is 45.7 Å². The summed E-state index contributed by atoms with van der Waals surface area (Å²) < 4.78 is 37.9. The molecule has 0 bridgehead atoms. The van der Waals surface area contributed by atoms with Crippen LogP contribution in [0.5, 0.6) is 11.5 Å². The van der Waals surface area contributed by atoms with E-state index in [-0.39, 0.29) is 30.7 Å². The molecule has 0 aromatic heterocycles. The lowest BCUT2D eigenvalue weighted by Gasteiger charge is -2.33. The molecule has 1 heterocycles. The molecule has 1 atom stereocenters. The van der Waals surface area contributed by atoms with Gasteiger partial charge in [0.05, 0.1) is 11.4 Å². The normalized spacial score (nSPS) is 13.7. The quantitative estimate of drug-likeness (QED) is 0.548. The zero-order valence-electron chi connectivity index (χ0n) is 21.7. The van der Waals surface area contributed by atoms with Crippen LogP contribution in [0.3, 0.4) is 0 Å². The monoisotopic (exact) mass is 517 g/mol. The second kappa shape index (κ2) is 10.8. The topological polar surface area (TPSA) is 105 Å². The molecule has 1 aliphatic heterocycles. The van der Waals surface area contributed by atoms with Gasteiger partial charge in [0.15, 0.2) is 11.5 Å². The lowest BCUT2D eigenvalue weighted by Crippen LogP contribution is -2.54. The Morgan fingerprint density at radius 1 is 1.06 bits per heavy atom. The smallest absolute Gasteiger partial charge is 0.244 e. The predicted molar refractivity (Wildman–Crippen MR) is 138 cm³/mol. The number of nitrogens with one attached hydrogen (secondary N) is 1. The Bertz CT molecular complexity index is 1210. The van der Waals surface area contributed by atoms with Crippen molar-refractivity contribution in [3.8, 4) is 11.5 Å². The van der Waals surface area contributed by atoms with Gasteiger partial charge in [0, 0.05) is 18.2 Å². The Kier molecular flexibility index (Phi) is 8.18. The van der Waals surface area contributed by atoms with Gasteiger partial charge in [0.25, 0.3) is 0 Å². The number of ether oxygens (including phenoxy) is 2. The van der Waals surface area contributed by atoms with Crippen molar-refractivity contribution < 1.29 is 27.5 Å². The molecule has 0 spiro atoms. The van der Waals surface area contributed by atoms with Gasteiger partial charge in [-0.3, -0.25) is 13.9 Å². The van der Waals surface area contributed by atoms with E-state index in [2.05, 4.69) is 5.32 Å². The first kappa shape index (κ1) is 27.3. The summed E-state index contributed by atoms with van der Waals surface area (Å²) in [6.07, 6.45) is 0. The number of fused-ring (bicyclic) bond motifs is 1. The Labute approximate surface area is 213 Å². The maximum atomic E-state index is 13.7. The summed E-state index contributed by atoms with van der Waals surface area (Å²) in [6.45, 7) is 10.4. The summed E-state index contributed by atoms with van der Waals surface area (Å²) in [7, 11) is -3.82. The number of carbonyl (C=O) groups excluding carboxylic acids is 2. The van der Waals surface area contributed by atoms with Crippen LogP contribution in [0.25, 0.3) is 0 Å². The lowest BCUT2D eigenvalue weighted by atomic mass is 10.1. The van der Waals surface area contributed by atoms with Crippen molar-refractivity contribution in [2.45, 2.75) is 59.7 Å². The van der Waals surface area contributed by atoms with Crippen molar-refractivity contribution in [3.63, 3.8) is 0 Å². The van der Waals surface area contributed by atoms with Gasteiger partial charge in [-0.2, -0.15) is 0 Å². The molecular formula is C26H35N3O6S. The van der Waals surface area contributed by atoms with Gasteiger partial charge in [-0.05, 0) is 59.2 Å². The molecule has 1 aliphatic rings. The summed E-state index contributed by atoms with van der Waals surface area (Å²) in [5.74, 6) is -0.108. The molecule has 0 aliphatic carbocycles. The first-order valence-electron chi connectivity index (χ1n) is 11.9. The second-order valence-electron chi connectivity index (χ2n) is 9.87. The molecule has 2 aromatic rings. The van der Waals surface area contributed by atoms with Crippen LogP contribution in [-0.2, 0) is 26.2 Å². The van der Waals surface area contributed by atoms with Crippen LogP contribution in [0, 0.1) is 6.92 Å². The number of rotatable bonds is 9. The Morgan fingerprint density at radius 2 is 1.69 bits per heavy atom. The van der Waals surface area contributed by atoms with Gasteiger partial charge < -0.3 is 19.7 Å². The highest BCUT2D eigenvalue weighted by atomic mass is 32.2. The molecule has 10 heteroatoms. The van der Waals surface area contributed by atoms with Gasteiger partial charge in [0.2, 0.25) is 28.6 Å². The SMILES string of the molecule is CCS(=O)(=O)N(CC(=O)N(Cc1ccc(C)cc1)[C@H](C)C(=O)NC(C)(C)C)c1ccc2c(c1)OCO2. The van der Waals surface area contributed by atoms with Crippen molar-refractivity contribution >= 4 is 27.5 Å². The Hall–Kier alpha value is -3.27. The number of amides is 2. The summed E-state index contributed by atoms with van der Waals surface area (Å²) in [5.41, 5.74) is 1.70. The average molecular weight is 518 g/mol. The van der Waals surface area contributed by atoms with Crippen LogP contribution >= 0.6 is 0 Å². The molecule has 0 fully saturated rings. The average Bonchev–Trinajstić information content (AvgIpc) is 3.28. The van der Waals surface area contributed by atoms with Gasteiger partial charge in [-0.1, -0.05) is 29.8 Å². The number of hydrogen-bond donors (Lipinski definition) is 1. The van der Waals surface area contributed by atoms with E-state index in [1.165, 1.54) is 11.8 Å². The molecule has 0 radical (unpaired) electrons. The molecule has 2 amide bonds. The standard InChI is InChI=1S/C26H35N3O6S/c1-7-36(32,33)29(21-12-13-22-23(14-21)35-17-34-22)16-24(30)28(15-20-10-8-18(2)9-11-20)19(3)25(31)27-26(4,5)6/h8-14,19H,7,15-17H2,1-6H3,(H,27,31)/t19-/m1/s1. The maximum absolute atomic E-state index is 13.7. The lowest BCUT2D eigenvalue weighted by molar-refractivity contribution is -0.140. The van der Waals surface area contributed by atoms with Crippen molar-refractivity contribution in [3.05, 3.63) is 53.6 Å². The number of hydrogen-bond acceptors (Lipinski definition) is 6.